The van der Waals surface area contributed by atoms with Crippen molar-refractivity contribution in [2.45, 2.75) is 38.1 Å². The van der Waals surface area contributed by atoms with Crippen molar-refractivity contribution in [3.63, 3.8) is 0 Å². The molecule has 114 valence electrons. The number of carboxylic acid groups (broad SMARTS) is 1. The van der Waals surface area contributed by atoms with Crippen LogP contribution in [0.5, 0.6) is 5.75 Å². The molecule has 21 heavy (non-hydrogen) atoms. The first-order valence-corrected chi connectivity index (χ1v) is 7.09. The molecule has 2 amide bonds. The third-order valence-corrected chi connectivity index (χ3v) is 3.92. The van der Waals surface area contributed by atoms with Gasteiger partial charge in [0.15, 0.2) is 0 Å². The molecular formula is C15H20N2O4. The molecule has 3 N–H and O–H groups in total. The van der Waals surface area contributed by atoms with Crippen LogP contribution in [0.4, 0.5) is 10.5 Å². The third kappa shape index (κ3) is 3.65. The summed E-state index contributed by atoms with van der Waals surface area (Å²) in [4.78, 5) is 24.8. The lowest BCUT2D eigenvalue weighted by atomic mass is 9.95. The first-order valence-electron chi connectivity index (χ1n) is 7.09. The molecule has 1 aliphatic carbocycles. The first-order chi connectivity index (χ1) is 9.99. The maximum absolute atomic E-state index is 12.2. The number of hydrogen-bond acceptors (Lipinski definition) is 3. The van der Waals surface area contributed by atoms with E-state index >= 15 is 0 Å². The first kappa shape index (κ1) is 15.2. The Morgan fingerprint density at radius 2 is 1.90 bits per heavy atom. The number of aromatic hydroxyl groups is 1. The molecule has 1 aliphatic rings. The van der Waals surface area contributed by atoms with Crippen LogP contribution in [0.1, 0.15) is 42.5 Å². The smallest absolute Gasteiger partial charge is 0.339 e. The molecule has 0 radical (unpaired) electrons. The topological polar surface area (TPSA) is 89.9 Å². The van der Waals surface area contributed by atoms with Gasteiger partial charge in [0.2, 0.25) is 0 Å². The molecule has 1 saturated carbocycles. The van der Waals surface area contributed by atoms with Crippen molar-refractivity contribution in [1.29, 1.82) is 0 Å². The second kappa shape index (κ2) is 6.47. The lowest BCUT2D eigenvalue weighted by Crippen LogP contribution is -2.40. The van der Waals surface area contributed by atoms with Gasteiger partial charge in [-0.05, 0) is 31.0 Å². The van der Waals surface area contributed by atoms with Gasteiger partial charge in [-0.25, -0.2) is 9.59 Å². The molecular weight excluding hydrogens is 272 g/mol. The molecule has 0 spiro atoms. The van der Waals surface area contributed by atoms with E-state index in [1.165, 1.54) is 24.6 Å². The Morgan fingerprint density at radius 1 is 1.24 bits per heavy atom. The monoisotopic (exact) mass is 292 g/mol. The molecule has 2 rings (SSSR count). The average molecular weight is 292 g/mol. The van der Waals surface area contributed by atoms with Crippen LogP contribution in [-0.2, 0) is 0 Å². The van der Waals surface area contributed by atoms with Crippen LogP contribution in [-0.4, -0.2) is 40.2 Å². The molecule has 6 heteroatoms. The van der Waals surface area contributed by atoms with Crippen molar-refractivity contribution in [1.82, 2.24) is 4.90 Å². The summed E-state index contributed by atoms with van der Waals surface area (Å²) in [6.07, 6.45) is 5.47. The Kier molecular flexibility index (Phi) is 4.67. The van der Waals surface area contributed by atoms with Crippen LogP contribution in [0.25, 0.3) is 0 Å². The second-order valence-electron chi connectivity index (χ2n) is 5.37. The number of aromatic carboxylic acids is 1. The minimum absolute atomic E-state index is 0.229. The van der Waals surface area contributed by atoms with E-state index in [1.54, 1.807) is 11.9 Å². The number of anilines is 1. The van der Waals surface area contributed by atoms with Gasteiger partial charge in [0.25, 0.3) is 0 Å². The number of nitrogens with one attached hydrogen (secondary N) is 1. The van der Waals surface area contributed by atoms with Crippen molar-refractivity contribution in [2.75, 3.05) is 12.4 Å². The summed E-state index contributed by atoms with van der Waals surface area (Å²) >= 11 is 0. The van der Waals surface area contributed by atoms with Crippen LogP contribution < -0.4 is 5.32 Å². The number of hydrogen-bond donors (Lipinski definition) is 3. The summed E-state index contributed by atoms with van der Waals surface area (Å²) in [6, 6.07) is 3.97. The highest BCUT2D eigenvalue weighted by Gasteiger charge is 2.22. The van der Waals surface area contributed by atoms with E-state index in [4.69, 9.17) is 5.11 Å². The highest BCUT2D eigenvalue weighted by molar-refractivity contribution is 5.95. The fraction of sp³-hybridized carbons (Fsp3) is 0.467. The fourth-order valence-electron chi connectivity index (χ4n) is 2.63. The Labute approximate surface area is 123 Å². The largest absolute Gasteiger partial charge is 0.507 e. The number of nitrogens with zero attached hydrogens (tertiary/aromatic N) is 1. The number of rotatable bonds is 3. The van der Waals surface area contributed by atoms with Gasteiger partial charge in [-0.1, -0.05) is 19.3 Å². The maximum atomic E-state index is 12.2. The predicted molar refractivity (Wildman–Crippen MR) is 78.7 cm³/mol. The van der Waals surface area contributed by atoms with E-state index in [-0.39, 0.29) is 23.4 Å². The van der Waals surface area contributed by atoms with E-state index in [1.807, 2.05) is 0 Å². The molecule has 1 aromatic rings. The minimum Gasteiger partial charge on any atom is -0.507 e. The molecule has 0 unspecified atom stereocenters. The molecule has 6 nitrogen and oxygen atoms in total. The van der Waals surface area contributed by atoms with E-state index in [9.17, 15) is 14.7 Å². The van der Waals surface area contributed by atoms with Crippen LogP contribution in [0.2, 0.25) is 0 Å². The third-order valence-electron chi connectivity index (χ3n) is 3.92. The lowest BCUT2D eigenvalue weighted by molar-refractivity contribution is 0.0693. The molecule has 0 bridgehead atoms. The lowest BCUT2D eigenvalue weighted by Gasteiger charge is -2.31. The standard InChI is InChI=1S/C15H20N2O4/c1-17(11-5-3-2-4-6-11)15(21)16-10-7-8-13(18)12(9-10)14(19)20/h7-9,11,18H,2-6H2,1H3,(H,16,21)(H,19,20). The van der Waals surface area contributed by atoms with Crippen LogP contribution >= 0.6 is 0 Å². The van der Waals surface area contributed by atoms with Gasteiger partial charge < -0.3 is 20.4 Å². The van der Waals surface area contributed by atoms with Gasteiger partial charge in [0, 0.05) is 18.8 Å². The summed E-state index contributed by atoms with van der Waals surface area (Å²) in [5.41, 5.74) is 0.131. The van der Waals surface area contributed by atoms with Crippen molar-refractivity contribution < 1.29 is 19.8 Å². The van der Waals surface area contributed by atoms with Gasteiger partial charge in [-0.3, -0.25) is 0 Å². The SMILES string of the molecule is CN(C(=O)Nc1ccc(O)c(C(=O)O)c1)C1CCCCC1. The molecule has 0 aliphatic heterocycles. The van der Waals surface area contributed by atoms with E-state index in [2.05, 4.69) is 5.32 Å². The summed E-state index contributed by atoms with van der Waals surface area (Å²) in [7, 11) is 1.75. The minimum atomic E-state index is -1.23. The van der Waals surface area contributed by atoms with E-state index < -0.39 is 5.97 Å². The van der Waals surface area contributed by atoms with Crippen molar-refractivity contribution >= 4 is 17.7 Å². The summed E-state index contributed by atoms with van der Waals surface area (Å²) in [5, 5.41) is 21.1. The molecule has 1 fully saturated rings. The quantitative estimate of drug-likeness (QED) is 0.747. The van der Waals surface area contributed by atoms with Crippen molar-refractivity contribution in [3.8, 4) is 5.75 Å². The molecule has 1 aromatic carbocycles. The van der Waals surface area contributed by atoms with Crippen LogP contribution in [0.3, 0.4) is 0 Å². The highest BCUT2D eigenvalue weighted by Crippen LogP contribution is 2.24. The summed E-state index contributed by atoms with van der Waals surface area (Å²) in [5.74, 6) is -1.55. The second-order valence-corrected chi connectivity index (χ2v) is 5.37. The zero-order chi connectivity index (χ0) is 15.4. The predicted octanol–water partition coefficient (Wildman–Crippen LogP) is 2.89. The number of carbonyl (C=O) groups is 2. The van der Waals surface area contributed by atoms with Gasteiger partial charge in [0.1, 0.15) is 11.3 Å². The zero-order valence-corrected chi connectivity index (χ0v) is 12.0. The zero-order valence-electron chi connectivity index (χ0n) is 12.0. The van der Waals surface area contributed by atoms with Crippen LogP contribution in [0, 0.1) is 0 Å². The number of phenols is 1. The summed E-state index contributed by atoms with van der Waals surface area (Å²) < 4.78 is 0. The maximum Gasteiger partial charge on any atom is 0.339 e. The number of benzene rings is 1. The summed E-state index contributed by atoms with van der Waals surface area (Å²) in [6.45, 7) is 0. The average Bonchev–Trinajstić information content (AvgIpc) is 2.49. The van der Waals surface area contributed by atoms with Gasteiger partial charge in [-0.2, -0.15) is 0 Å². The van der Waals surface area contributed by atoms with Gasteiger partial charge >= 0.3 is 12.0 Å². The van der Waals surface area contributed by atoms with Crippen molar-refractivity contribution in [3.05, 3.63) is 23.8 Å². The molecule has 0 aromatic heterocycles. The number of carbonyl (C=O) groups excluding carboxylic acids is 1. The van der Waals surface area contributed by atoms with E-state index in [0.717, 1.165) is 25.7 Å². The highest BCUT2D eigenvalue weighted by atomic mass is 16.4. The number of amides is 2. The Bertz CT molecular complexity index is 538. The van der Waals surface area contributed by atoms with Crippen LogP contribution in [0.15, 0.2) is 18.2 Å². The Balaban J connectivity index is 2.05. The van der Waals surface area contributed by atoms with E-state index in [0.29, 0.717) is 5.69 Å². The Hall–Kier alpha value is -2.24. The Morgan fingerprint density at radius 3 is 2.52 bits per heavy atom. The number of carboxylic acids is 1. The molecule has 0 saturated heterocycles. The molecule has 0 atom stereocenters. The molecule has 0 heterocycles. The normalized spacial score (nSPS) is 15.5. The fourth-order valence-corrected chi connectivity index (χ4v) is 2.63. The van der Waals surface area contributed by atoms with Gasteiger partial charge in [-0.15, -0.1) is 0 Å². The number of urea groups is 1. The van der Waals surface area contributed by atoms with Crippen molar-refractivity contribution in [2.24, 2.45) is 0 Å². The van der Waals surface area contributed by atoms with Gasteiger partial charge in [0.05, 0.1) is 0 Å².